The second-order valence-electron chi connectivity index (χ2n) is 3.59. The highest BCUT2D eigenvalue weighted by Crippen LogP contribution is 2.10. The third-order valence-corrected chi connectivity index (χ3v) is 2.24. The van der Waals surface area contributed by atoms with E-state index in [-0.39, 0.29) is 12.0 Å². The van der Waals surface area contributed by atoms with Crippen LogP contribution in [0.5, 0.6) is 5.75 Å². The standard InChI is InChI=1S/C10H14N2O6/c13-10(14)18-8-6-11-12(7-8)17-3-1-2-9-15-4-5-16-9/h6-7,9H,1-5H2,(H,13,14). The Kier molecular flexibility index (Phi) is 4.37. The Morgan fingerprint density at radius 1 is 1.56 bits per heavy atom. The first-order chi connectivity index (χ1) is 8.74. The van der Waals surface area contributed by atoms with Crippen LogP contribution in [0, 0.1) is 0 Å². The van der Waals surface area contributed by atoms with Crippen LogP contribution in [0.25, 0.3) is 0 Å². The number of carboxylic acid groups (broad SMARTS) is 1. The average molecular weight is 258 g/mol. The van der Waals surface area contributed by atoms with Crippen molar-refractivity contribution in [2.75, 3.05) is 19.8 Å². The van der Waals surface area contributed by atoms with Gasteiger partial charge in [0, 0.05) is 6.42 Å². The molecule has 8 nitrogen and oxygen atoms in total. The third kappa shape index (κ3) is 3.90. The monoisotopic (exact) mass is 258 g/mol. The smallest absolute Gasteiger partial charge is 0.449 e. The Morgan fingerprint density at radius 2 is 2.33 bits per heavy atom. The van der Waals surface area contributed by atoms with Gasteiger partial charge in [0.2, 0.25) is 0 Å². The van der Waals surface area contributed by atoms with E-state index in [1.807, 2.05) is 0 Å². The Hall–Kier alpha value is -1.80. The van der Waals surface area contributed by atoms with Gasteiger partial charge in [-0.2, -0.15) is 0 Å². The lowest BCUT2D eigenvalue weighted by molar-refractivity contribution is -0.0527. The molecule has 100 valence electrons. The van der Waals surface area contributed by atoms with Gasteiger partial charge in [0.25, 0.3) is 0 Å². The van der Waals surface area contributed by atoms with Crippen LogP contribution in [0.4, 0.5) is 4.79 Å². The lowest BCUT2D eigenvalue weighted by atomic mass is 10.3. The number of carbonyl (C=O) groups is 1. The van der Waals surface area contributed by atoms with Crippen LogP contribution in [-0.2, 0) is 9.47 Å². The molecule has 1 aliphatic heterocycles. The molecule has 0 saturated carbocycles. The van der Waals surface area contributed by atoms with Gasteiger partial charge in [-0.15, -0.1) is 9.94 Å². The molecule has 0 bridgehead atoms. The van der Waals surface area contributed by atoms with Crippen molar-refractivity contribution in [2.24, 2.45) is 0 Å². The Balaban J connectivity index is 1.63. The molecule has 8 heteroatoms. The number of nitrogens with zero attached hydrogens (tertiary/aromatic N) is 2. The van der Waals surface area contributed by atoms with E-state index in [0.717, 1.165) is 17.7 Å². The van der Waals surface area contributed by atoms with Gasteiger partial charge in [-0.05, 0) is 6.42 Å². The molecule has 0 aliphatic carbocycles. The van der Waals surface area contributed by atoms with E-state index in [0.29, 0.717) is 19.8 Å². The molecule has 1 aromatic rings. The first-order valence-electron chi connectivity index (χ1n) is 5.56. The number of rotatable bonds is 6. The van der Waals surface area contributed by atoms with Crippen molar-refractivity contribution in [3.8, 4) is 5.75 Å². The maximum atomic E-state index is 10.3. The van der Waals surface area contributed by atoms with Gasteiger partial charge in [-0.25, -0.2) is 4.79 Å². The summed E-state index contributed by atoms with van der Waals surface area (Å²) in [5.74, 6) is 0.116. The summed E-state index contributed by atoms with van der Waals surface area (Å²) in [5, 5.41) is 12.2. The fourth-order valence-electron chi connectivity index (χ4n) is 1.50. The topological polar surface area (TPSA) is 92.0 Å². The molecule has 0 aromatic carbocycles. The minimum atomic E-state index is -1.38. The lowest BCUT2D eigenvalue weighted by Crippen LogP contribution is -2.16. The van der Waals surface area contributed by atoms with Gasteiger partial charge in [0.05, 0.1) is 19.4 Å². The van der Waals surface area contributed by atoms with Crippen LogP contribution in [0.15, 0.2) is 12.4 Å². The lowest BCUT2D eigenvalue weighted by Gasteiger charge is -2.08. The van der Waals surface area contributed by atoms with Gasteiger partial charge in [-0.3, -0.25) is 0 Å². The van der Waals surface area contributed by atoms with Crippen molar-refractivity contribution in [2.45, 2.75) is 19.1 Å². The first-order valence-corrected chi connectivity index (χ1v) is 5.56. The Bertz CT molecular complexity index is 387. The summed E-state index contributed by atoms with van der Waals surface area (Å²) in [6.07, 6.45) is 2.58. The molecule has 2 heterocycles. The zero-order valence-corrected chi connectivity index (χ0v) is 9.65. The summed E-state index contributed by atoms with van der Waals surface area (Å²) in [6.45, 7) is 1.71. The van der Waals surface area contributed by atoms with Gasteiger partial charge in [0.1, 0.15) is 12.8 Å². The van der Waals surface area contributed by atoms with Gasteiger partial charge in [-0.1, -0.05) is 0 Å². The van der Waals surface area contributed by atoms with E-state index in [1.165, 1.54) is 12.4 Å². The SMILES string of the molecule is O=C(O)Oc1cnn(OCCCC2OCCO2)c1. The summed E-state index contributed by atoms with van der Waals surface area (Å²) >= 11 is 0. The second-order valence-corrected chi connectivity index (χ2v) is 3.59. The molecule has 0 atom stereocenters. The number of hydrogen-bond acceptors (Lipinski definition) is 6. The van der Waals surface area contributed by atoms with Crippen molar-refractivity contribution in [3.63, 3.8) is 0 Å². The third-order valence-electron chi connectivity index (χ3n) is 2.24. The molecule has 1 aromatic heterocycles. The summed E-state index contributed by atoms with van der Waals surface area (Å²) in [6, 6.07) is 0. The molecule has 2 rings (SSSR count). The summed E-state index contributed by atoms with van der Waals surface area (Å²) in [4.78, 5) is 16.7. The zero-order chi connectivity index (χ0) is 12.8. The largest absolute Gasteiger partial charge is 0.511 e. The highest BCUT2D eigenvalue weighted by atomic mass is 16.7. The molecule has 0 amide bonds. The number of ether oxygens (including phenoxy) is 3. The van der Waals surface area contributed by atoms with Crippen molar-refractivity contribution >= 4 is 6.16 Å². The molecule has 1 aliphatic rings. The summed E-state index contributed by atoms with van der Waals surface area (Å²) in [7, 11) is 0. The maximum Gasteiger partial charge on any atom is 0.511 e. The minimum absolute atomic E-state index is 0.116. The minimum Gasteiger partial charge on any atom is -0.449 e. The Labute approximate surface area is 103 Å². The van der Waals surface area contributed by atoms with Crippen LogP contribution >= 0.6 is 0 Å². The van der Waals surface area contributed by atoms with Crippen LogP contribution < -0.4 is 9.57 Å². The maximum absolute atomic E-state index is 10.3. The Morgan fingerprint density at radius 3 is 3.06 bits per heavy atom. The first kappa shape index (κ1) is 12.7. The van der Waals surface area contributed by atoms with E-state index in [2.05, 4.69) is 9.84 Å². The number of hydrogen-bond donors (Lipinski definition) is 1. The highest BCUT2D eigenvalue weighted by Gasteiger charge is 2.15. The molecule has 0 spiro atoms. The van der Waals surface area contributed by atoms with Crippen molar-refractivity contribution in [1.29, 1.82) is 0 Å². The molecule has 1 fully saturated rings. The van der Waals surface area contributed by atoms with E-state index in [1.54, 1.807) is 0 Å². The van der Waals surface area contributed by atoms with Crippen LogP contribution in [0.1, 0.15) is 12.8 Å². The van der Waals surface area contributed by atoms with Crippen molar-refractivity contribution < 1.29 is 28.9 Å². The second kappa shape index (κ2) is 6.22. The van der Waals surface area contributed by atoms with Gasteiger partial charge >= 0.3 is 6.16 Å². The van der Waals surface area contributed by atoms with Gasteiger partial charge in [0.15, 0.2) is 12.0 Å². The van der Waals surface area contributed by atoms with Crippen LogP contribution in [0.3, 0.4) is 0 Å². The van der Waals surface area contributed by atoms with Crippen molar-refractivity contribution in [1.82, 2.24) is 9.94 Å². The van der Waals surface area contributed by atoms with E-state index >= 15 is 0 Å². The fraction of sp³-hybridized carbons (Fsp3) is 0.600. The normalized spacial score (nSPS) is 15.8. The zero-order valence-electron chi connectivity index (χ0n) is 9.65. The van der Waals surface area contributed by atoms with Crippen LogP contribution in [-0.4, -0.2) is 47.3 Å². The molecular formula is C10H14N2O6. The highest BCUT2D eigenvalue weighted by molar-refractivity contribution is 5.60. The molecule has 1 N–H and O–H groups in total. The summed E-state index contributed by atoms with van der Waals surface area (Å²) < 4.78 is 14.9. The molecule has 18 heavy (non-hydrogen) atoms. The molecule has 0 radical (unpaired) electrons. The average Bonchev–Trinajstić information content (AvgIpc) is 2.95. The predicted molar refractivity (Wildman–Crippen MR) is 57.3 cm³/mol. The van der Waals surface area contributed by atoms with E-state index < -0.39 is 6.16 Å². The van der Waals surface area contributed by atoms with E-state index in [9.17, 15) is 4.79 Å². The molecular weight excluding hydrogens is 244 g/mol. The molecule has 0 unspecified atom stereocenters. The summed E-state index contributed by atoms with van der Waals surface area (Å²) in [5.41, 5.74) is 0. The predicted octanol–water partition coefficient (Wildman–Crippen LogP) is 0.522. The quantitative estimate of drug-likeness (QED) is 0.587. The van der Waals surface area contributed by atoms with Gasteiger partial charge < -0.3 is 24.2 Å². The number of aromatic nitrogens is 2. The van der Waals surface area contributed by atoms with E-state index in [4.69, 9.17) is 19.4 Å². The van der Waals surface area contributed by atoms with Crippen molar-refractivity contribution in [3.05, 3.63) is 12.4 Å². The molecule has 1 saturated heterocycles. The van der Waals surface area contributed by atoms with Crippen LogP contribution in [0.2, 0.25) is 0 Å². The fourth-order valence-corrected chi connectivity index (χ4v) is 1.50.